The molecule has 0 aromatic heterocycles. The minimum atomic E-state index is -0.407. The largest absolute Gasteiger partial charge is 0.444 e. The van der Waals surface area contributed by atoms with Crippen LogP contribution in [0.5, 0.6) is 0 Å². The molecule has 1 aliphatic carbocycles. The summed E-state index contributed by atoms with van der Waals surface area (Å²) in [5.74, 6) is 0. The molecule has 3 rings (SSSR count). The number of carbonyl (C=O) groups excluding carboxylic acids is 1. The fourth-order valence-electron chi connectivity index (χ4n) is 2.80. The Labute approximate surface area is 108 Å². The van der Waals surface area contributed by atoms with Gasteiger partial charge in [0, 0.05) is 0 Å². The molecule has 96 valence electrons. The van der Waals surface area contributed by atoms with E-state index in [9.17, 15) is 4.79 Å². The lowest BCUT2D eigenvalue weighted by atomic mass is 9.92. The van der Waals surface area contributed by atoms with Gasteiger partial charge in [-0.25, -0.2) is 4.79 Å². The van der Waals surface area contributed by atoms with Crippen LogP contribution in [0.1, 0.15) is 31.9 Å². The monoisotopic (exact) mass is 245 g/mol. The first-order valence-electron chi connectivity index (χ1n) is 6.54. The van der Waals surface area contributed by atoms with Crippen molar-refractivity contribution >= 4 is 6.09 Å². The zero-order valence-corrected chi connectivity index (χ0v) is 11.1. The van der Waals surface area contributed by atoms with Crippen molar-refractivity contribution in [2.24, 2.45) is 0 Å². The smallest absolute Gasteiger partial charge is 0.410 e. The SMILES string of the molecule is CC(C)(C)OC(=O)N1C2Cc3ccccc3CC21. The molecule has 1 aromatic carbocycles. The maximum Gasteiger partial charge on any atom is 0.410 e. The highest BCUT2D eigenvalue weighted by Crippen LogP contribution is 2.40. The van der Waals surface area contributed by atoms with E-state index in [0.29, 0.717) is 12.1 Å². The van der Waals surface area contributed by atoms with Gasteiger partial charge in [0.2, 0.25) is 0 Å². The highest BCUT2D eigenvalue weighted by atomic mass is 16.6. The molecular formula is C15H19NO2. The average molecular weight is 245 g/mol. The predicted octanol–water partition coefficient (Wildman–Crippen LogP) is 2.77. The number of rotatable bonds is 0. The lowest BCUT2D eigenvalue weighted by Gasteiger charge is -2.20. The lowest BCUT2D eigenvalue weighted by Crippen LogP contribution is -2.28. The van der Waals surface area contributed by atoms with Crippen LogP contribution in [0.2, 0.25) is 0 Å². The number of ether oxygens (including phenoxy) is 1. The Morgan fingerprint density at radius 1 is 1.17 bits per heavy atom. The third-order valence-electron chi connectivity index (χ3n) is 3.65. The summed E-state index contributed by atoms with van der Waals surface area (Å²) in [4.78, 5) is 13.9. The van der Waals surface area contributed by atoms with Crippen LogP contribution in [0.15, 0.2) is 24.3 Å². The summed E-state index contributed by atoms with van der Waals surface area (Å²) in [5, 5.41) is 0. The average Bonchev–Trinajstić information content (AvgIpc) is 2.96. The molecule has 0 N–H and O–H groups in total. The molecule has 3 nitrogen and oxygen atoms in total. The molecule has 0 saturated carbocycles. The van der Waals surface area contributed by atoms with Gasteiger partial charge in [-0.15, -0.1) is 0 Å². The zero-order chi connectivity index (χ0) is 12.9. The standard InChI is InChI=1S/C15H19NO2/c1-15(2,3)18-14(17)16-12-8-10-6-4-5-7-11(10)9-13(12)16/h4-7,12-13H,8-9H2,1-3H3. The number of nitrogens with zero attached hydrogens (tertiary/aromatic N) is 1. The van der Waals surface area contributed by atoms with E-state index >= 15 is 0 Å². The van der Waals surface area contributed by atoms with Gasteiger partial charge in [-0.1, -0.05) is 24.3 Å². The molecule has 3 heteroatoms. The Morgan fingerprint density at radius 2 is 1.67 bits per heavy atom. The van der Waals surface area contributed by atoms with Gasteiger partial charge in [-0.2, -0.15) is 0 Å². The van der Waals surface area contributed by atoms with Crippen LogP contribution in [0.25, 0.3) is 0 Å². The molecule has 1 saturated heterocycles. The molecule has 1 aromatic rings. The van der Waals surface area contributed by atoms with E-state index < -0.39 is 5.60 Å². The molecule has 18 heavy (non-hydrogen) atoms. The molecule has 1 aliphatic heterocycles. The van der Waals surface area contributed by atoms with Crippen molar-refractivity contribution in [2.45, 2.75) is 51.3 Å². The van der Waals surface area contributed by atoms with Crippen molar-refractivity contribution in [1.82, 2.24) is 4.90 Å². The first-order chi connectivity index (χ1) is 8.46. The van der Waals surface area contributed by atoms with Crippen LogP contribution in [0.3, 0.4) is 0 Å². The van der Waals surface area contributed by atoms with E-state index in [2.05, 4.69) is 24.3 Å². The van der Waals surface area contributed by atoms with Gasteiger partial charge in [0.15, 0.2) is 0 Å². The molecule has 1 fully saturated rings. The van der Waals surface area contributed by atoms with Crippen LogP contribution in [-0.4, -0.2) is 28.7 Å². The van der Waals surface area contributed by atoms with E-state index in [-0.39, 0.29) is 6.09 Å². The number of hydrogen-bond donors (Lipinski definition) is 0. The number of benzene rings is 1. The Morgan fingerprint density at radius 3 is 2.11 bits per heavy atom. The van der Waals surface area contributed by atoms with Gasteiger partial charge in [-0.3, -0.25) is 4.90 Å². The highest BCUT2D eigenvalue weighted by molar-refractivity contribution is 5.73. The second-order valence-electron chi connectivity index (χ2n) is 6.20. The minimum absolute atomic E-state index is 0.162. The van der Waals surface area contributed by atoms with Gasteiger partial charge in [-0.05, 0) is 44.7 Å². The van der Waals surface area contributed by atoms with Gasteiger partial charge in [0.05, 0.1) is 12.1 Å². The molecule has 2 unspecified atom stereocenters. The Balaban J connectivity index is 1.71. The van der Waals surface area contributed by atoms with Crippen molar-refractivity contribution in [2.75, 3.05) is 0 Å². The van der Waals surface area contributed by atoms with Crippen LogP contribution in [0.4, 0.5) is 4.79 Å². The zero-order valence-electron chi connectivity index (χ0n) is 11.1. The second-order valence-corrected chi connectivity index (χ2v) is 6.20. The third-order valence-corrected chi connectivity index (χ3v) is 3.65. The van der Waals surface area contributed by atoms with Gasteiger partial charge >= 0.3 is 6.09 Å². The predicted molar refractivity (Wildman–Crippen MR) is 69.5 cm³/mol. The van der Waals surface area contributed by atoms with Gasteiger partial charge < -0.3 is 4.74 Å². The first kappa shape index (κ1) is 11.6. The van der Waals surface area contributed by atoms with Crippen molar-refractivity contribution in [3.8, 4) is 0 Å². The molecule has 1 heterocycles. The van der Waals surface area contributed by atoms with E-state index in [4.69, 9.17) is 4.74 Å². The molecule has 0 bridgehead atoms. The summed E-state index contributed by atoms with van der Waals surface area (Å²) in [6.07, 6.45) is 1.78. The van der Waals surface area contributed by atoms with Crippen LogP contribution < -0.4 is 0 Å². The topological polar surface area (TPSA) is 29.3 Å². The van der Waals surface area contributed by atoms with E-state index in [1.165, 1.54) is 11.1 Å². The van der Waals surface area contributed by atoms with Gasteiger partial charge in [0.25, 0.3) is 0 Å². The number of fused-ring (bicyclic) bond motifs is 2. The molecular weight excluding hydrogens is 226 g/mol. The van der Waals surface area contributed by atoms with Crippen LogP contribution in [0, 0.1) is 0 Å². The Bertz CT molecular complexity index is 459. The summed E-state index contributed by atoms with van der Waals surface area (Å²) in [7, 11) is 0. The van der Waals surface area contributed by atoms with E-state index in [0.717, 1.165) is 12.8 Å². The summed E-state index contributed by atoms with van der Waals surface area (Å²) >= 11 is 0. The summed E-state index contributed by atoms with van der Waals surface area (Å²) < 4.78 is 5.44. The maximum atomic E-state index is 12.0. The number of amides is 1. The minimum Gasteiger partial charge on any atom is -0.444 e. The quantitative estimate of drug-likeness (QED) is 0.658. The number of carbonyl (C=O) groups is 1. The summed E-state index contributed by atoms with van der Waals surface area (Å²) in [6, 6.07) is 9.18. The van der Waals surface area contributed by atoms with Crippen molar-refractivity contribution in [3.05, 3.63) is 35.4 Å². The van der Waals surface area contributed by atoms with Crippen molar-refractivity contribution < 1.29 is 9.53 Å². The van der Waals surface area contributed by atoms with Crippen molar-refractivity contribution in [3.63, 3.8) is 0 Å². The lowest BCUT2D eigenvalue weighted by molar-refractivity contribution is 0.0394. The van der Waals surface area contributed by atoms with Crippen molar-refractivity contribution in [1.29, 1.82) is 0 Å². The molecule has 0 spiro atoms. The molecule has 0 radical (unpaired) electrons. The Kier molecular flexibility index (Phi) is 2.40. The molecule has 2 aliphatic rings. The Hall–Kier alpha value is -1.51. The summed E-state index contributed by atoms with van der Waals surface area (Å²) in [6.45, 7) is 5.73. The fourth-order valence-corrected chi connectivity index (χ4v) is 2.80. The normalized spacial score (nSPS) is 25.2. The molecule has 2 atom stereocenters. The van der Waals surface area contributed by atoms with Crippen LogP contribution >= 0.6 is 0 Å². The molecule has 1 amide bonds. The fraction of sp³-hybridized carbons (Fsp3) is 0.533. The van der Waals surface area contributed by atoms with E-state index in [1.807, 2.05) is 25.7 Å². The van der Waals surface area contributed by atoms with E-state index in [1.54, 1.807) is 0 Å². The number of hydrogen-bond acceptors (Lipinski definition) is 2. The highest BCUT2D eigenvalue weighted by Gasteiger charge is 2.54. The summed E-state index contributed by atoms with van der Waals surface area (Å²) in [5.41, 5.74) is 2.35. The van der Waals surface area contributed by atoms with Crippen LogP contribution in [-0.2, 0) is 17.6 Å². The second kappa shape index (κ2) is 3.74. The maximum absolute atomic E-state index is 12.0. The first-order valence-corrected chi connectivity index (χ1v) is 6.54. The third kappa shape index (κ3) is 1.98. The van der Waals surface area contributed by atoms with Gasteiger partial charge in [0.1, 0.15) is 5.60 Å².